The smallest absolute Gasteiger partial charge is 0.332 e. The van der Waals surface area contributed by atoms with Gasteiger partial charge in [0, 0.05) is 44.7 Å². The summed E-state index contributed by atoms with van der Waals surface area (Å²) in [5, 5.41) is 13.3. The molecule has 1 aromatic carbocycles. The number of nitrogens with zero attached hydrogens (tertiary/aromatic N) is 5. The van der Waals surface area contributed by atoms with Gasteiger partial charge in [-0.1, -0.05) is 25.2 Å². The summed E-state index contributed by atoms with van der Waals surface area (Å²) in [7, 11) is 3.06. The lowest BCUT2D eigenvalue weighted by Gasteiger charge is -2.17. The van der Waals surface area contributed by atoms with Crippen LogP contribution in [0.25, 0.3) is 15.2 Å². The number of likely N-dealkylation sites (tertiary alicyclic amines) is 1. The fraction of sp³-hybridized carbons (Fsp3) is 0.467. The number of hydrogen-bond acceptors (Lipinski definition) is 8. The number of aliphatic hydroxyl groups excluding tert-OH is 1. The Bertz CT molecular complexity index is 1600. The molecule has 1 aliphatic heterocycles. The van der Waals surface area contributed by atoms with Crippen molar-refractivity contribution in [3.63, 3.8) is 0 Å². The van der Waals surface area contributed by atoms with E-state index in [1.165, 1.54) is 35.1 Å². The Kier molecular flexibility index (Phi) is 12.7. The van der Waals surface area contributed by atoms with E-state index in [1.807, 2.05) is 20.8 Å². The Morgan fingerprint density at radius 3 is 2.44 bits per heavy atom. The Labute approximate surface area is 253 Å². The molecule has 1 aliphatic rings. The van der Waals surface area contributed by atoms with E-state index in [9.17, 15) is 18.8 Å². The molecular weight excluding hydrogens is 577 g/mol. The molecule has 234 valence electrons. The third-order valence-corrected chi connectivity index (χ3v) is 8.18. The topological polar surface area (TPSA) is 121 Å². The second-order valence-corrected chi connectivity index (χ2v) is 10.5. The number of aliphatic hydroxyl groups is 1. The number of fused-ring (bicyclic) bond motifs is 1. The number of carbonyl (C=O) groups excluding carboxylic acids is 1. The van der Waals surface area contributed by atoms with Crippen LogP contribution >= 0.6 is 11.3 Å². The molecule has 0 unspecified atom stereocenters. The molecule has 1 saturated heterocycles. The maximum Gasteiger partial charge on any atom is 0.332 e. The number of thiophene rings is 1. The predicted molar refractivity (Wildman–Crippen MR) is 165 cm³/mol. The Morgan fingerprint density at radius 1 is 1.14 bits per heavy atom. The summed E-state index contributed by atoms with van der Waals surface area (Å²) in [6, 6.07) is 6.02. The van der Waals surface area contributed by atoms with E-state index in [2.05, 4.69) is 9.84 Å². The van der Waals surface area contributed by atoms with Gasteiger partial charge in [-0.3, -0.25) is 18.7 Å². The van der Waals surface area contributed by atoms with Crippen LogP contribution in [0.5, 0.6) is 5.75 Å². The monoisotopic (exact) mass is 617 g/mol. The maximum absolute atomic E-state index is 13.9. The quantitative estimate of drug-likeness (QED) is 0.306. The highest BCUT2D eigenvalue weighted by atomic mass is 32.1. The molecule has 0 bridgehead atoms. The molecule has 5 rings (SSSR count). The number of amides is 1. The lowest BCUT2D eigenvalue weighted by molar-refractivity contribution is -0.130. The number of rotatable bonds is 9. The van der Waals surface area contributed by atoms with Crippen LogP contribution < -0.4 is 16.0 Å². The first-order chi connectivity index (χ1) is 20.8. The Morgan fingerprint density at radius 2 is 1.86 bits per heavy atom. The first-order valence-electron chi connectivity index (χ1n) is 14.3. The van der Waals surface area contributed by atoms with Crippen LogP contribution in [0.4, 0.5) is 4.39 Å². The highest BCUT2D eigenvalue weighted by Gasteiger charge is 2.25. The molecule has 4 aromatic rings. The van der Waals surface area contributed by atoms with Crippen molar-refractivity contribution in [1.82, 2.24) is 23.8 Å². The number of benzene rings is 1. The molecule has 1 N–H and O–H groups in total. The number of aromatic nitrogens is 4. The van der Waals surface area contributed by atoms with Gasteiger partial charge >= 0.3 is 5.69 Å². The van der Waals surface area contributed by atoms with E-state index < -0.39 is 17.1 Å². The lowest BCUT2D eigenvalue weighted by Crippen LogP contribution is -2.44. The average Bonchev–Trinajstić information content (AvgIpc) is 3.79. The van der Waals surface area contributed by atoms with Crippen LogP contribution in [0.1, 0.15) is 37.8 Å². The van der Waals surface area contributed by atoms with Gasteiger partial charge in [-0.05, 0) is 56.0 Å². The number of methoxy groups -OCH3 is 2. The van der Waals surface area contributed by atoms with Crippen molar-refractivity contribution in [3.8, 4) is 10.8 Å². The van der Waals surface area contributed by atoms with Gasteiger partial charge < -0.3 is 19.5 Å². The summed E-state index contributed by atoms with van der Waals surface area (Å²) in [6.45, 7) is 7.49. The normalized spacial score (nSPS) is 12.5. The second kappa shape index (κ2) is 16.1. The summed E-state index contributed by atoms with van der Waals surface area (Å²) >= 11 is 1.29. The molecule has 0 spiro atoms. The third kappa shape index (κ3) is 7.78. The minimum atomic E-state index is -0.566. The van der Waals surface area contributed by atoms with Crippen LogP contribution in [0.2, 0.25) is 0 Å². The highest BCUT2D eigenvalue weighted by Crippen LogP contribution is 2.31. The van der Waals surface area contributed by atoms with E-state index in [0.717, 1.165) is 17.4 Å². The van der Waals surface area contributed by atoms with Crippen LogP contribution in [0.15, 0.2) is 46.2 Å². The minimum Gasteiger partial charge on any atom is -0.496 e. The SMILES string of the molecule is CC.COCCO.COc1ccc(F)cc1CCn1c(=O)n(CC(=O)N2CCCC2)c(=O)c2c(C)c(-n3cccn3)sc21. The van der Waals surface area contributed by atoms with Crippen molar-refractivity contribution >= 4 is 27.5 Å². The number of ether oxygens (including phenoxy) is 2. The van der Waals surface area contributed by atoms with Crippen molar-refractivity contribution in [2.24, 2.45) is 0 Å². The van der Waals surface area contributed by atoms with E-state index in [-0.39, 0.29) is 25.6 Å². The maximum atomic E-state index is 13.9. The number of aryl methyl sites for hydroxylation is 3. The average molecular weight is 618 g/mol. The van der Waals surface area contributed by atoms with E-state index >= 15 is 0 Å². The Balaban J connectivity index is 0.000000657. The van der Waals surface area contributed by atoms with Crippen molar-refractivity contribution in [1.29, 1.82) is 0 Å². The molecule has 3 aromatic heterocycles. The highest BCUT2D eigenvalue weighted by molar-refractivity contribution is 7.21. The molecule has 11 nitrogen and oxygen atoms in total. The lowest BCUT2D eigenvalue weighted by atomic mass is 10.1. The zero-order valence-electron chi connectivity index (χ0n) is 25.3. The van der Waals surface area contributed by atoms with Crippen molar-refractivity contribution < 1.29 is 23.8 Å². The van der Waals surface area contributed by atoms with E-state index in [4.69, 9.17) is 9.84 Å². The molecule has 0 aliphatic carbocycles. The fourth-order valence-corrected chi connectivity index (χ4v) is 6.06. The van der Waals surface area contributed by atoms with Gasteiger partial charge in [0.05, 0.1) is 25.7 Å². The third-order valence-electron chi connectivity index (χ3n) is 6.88. The van der Waals surface area contributed by atoms with Crippen LogP contribution in [0, 0.1) is 12.7 Å². The minimum absolute atomic E-state index is 0.122. The van der Waals surface area contributed by atoms with Gasteiger partial charge in [0.2, 0.25) is 5.91 Å². The molecule has 0 atom stereocenters. The molecular formula is C30H40FN5O6S. The molecule has 0 radical (unpaired) electrons. The molecule has 0 saturated carbocycles. The van der Waals surface area contributed by atoms with Crippen molar-refractivity contribution in [2.45, 2.75) is 53.1 Å². The van der Waals surface area contributed by atoms with Crippen LogP contribution in [-0.2, 0) is 29.0 Å². The summed E-state index contributed by atoms with van der Waals surface area (Å²) in [5.41, 5.74) is 0.227. The first-order valence-corrected chi connectivity index (χ1v) is 15.1. The van der Waals surface area contributed by atoms with Gasteiger partial charge in [-0.25, -0.2) is 13.9 Å². The number of carbonyl (C=O) groups is 1. The van der Waals surface area contributed by atoms with Crippen molar-refractivity contribution in [3.05, 3.63) is 74.4 Å². The summed E-state index contributed by atoms with van der Waals surface area (Å²) in [6.07, 6.45) is 5.53. The zero-order valence-corrected chi connectivity index (χ0v) is 26.2. The van der Waals surface area contributed by atoms with Gasteiger partial charge in [0.25, 0.3) is 5.56 Å². The molecule has 1 fully saturated rings. The largest absolute Gasteiger partial charge is 0.496 e. The predicted octanol–water partition coefficient (Wildman–Crippen LogP) is 3.38. The Hall–Kier alpha value is -3.81. The van der Waals surface area contributed by atoms with Gasteiger partial charge in [-0.2, -0.15) is 5.10 Å². The molecule has 4 heterocycles. The molecule has 13 heteroatoms. The van der Waals surface area contributed by atoms with Gasteiger partial charge in [0.1, 0.15) is 27.9 Å². The number of halogens is 1. The van der Waals surface area contributed by atoms with E-state index in [0.29, 0.717) is 58.2 Å². The van der Waals surface area contributed by atoms with E-state index in [1.54, 1.807) is 41.2 Å². The standard InChI is InChI=1S/C25H26FN5O4S.C3H8O2.C2H6/c1-16-21-22(33)30(15-20(32)28-10-3-4-11-28)25(34)29(24(21)36-23(16)31-12-5-9-27-31)13-8-17-14-18(26)6-7-19(17)35-2;1-5-3-2-4;1-2/h5-7,9,12,14H,3-4,8,10-11,13,15H2,1-2H3;4H,2-3H2,1H3;1-2H3. The van der Waals surface area contributed by atoms with Crippen molar-refractivity contribution in [2.75, 3.05) is 40.5 Å². The fourth-order valence-electron chi connectivity index (χ4n) is 4.79. The van der Waals surface area contributed by atoms with Gasteiger partial charge in [0.15, 0.2) is 0 Å². The zero-order chi connectivity index (χ0) is 31.5. The molecule has 1 amide bonds. The summed E-state index contributed by atoms with van der Waals surface area (Å²) in [4.78, 5) is 42.3. The first kappa shape index (κ1) is 33.7. The summed E-state index contributed by atoms with van der Waals surface area (Å²) in [5.74, 6) is -0.139. The second-order valence-electron chi connectivity index (χ2n) is 9.50. The molecule has 43 heavy (non-hydrogen) atoms. The van der Waals surface area contributed by atoms with Gasteiger partial charge in [-0.15, -0.1) is 0 Å². The van der Waals surface area contributed by atoms with Crippen LogP contribution in [0.3, 0.4) is 0 Å². The number of hydrogen-bond donors (Lipinski definition) is 1. The van der Waals surface area contributed by atoms with Crippen LogP contribution in [-0.4, -0.2) is 75.4 Å². The summed E-state index contributed by atoms with van der Waals surface area (Å²) < 4.78 is 27.9.